The zero-order valence-electron chi connectivity index (χ0n) is 10.8. The number of esters is 1. The van der Waals surface area contributed by atoms with Crippen LogP contribution in [0.5, 0.6) is 0 Å². The summed E-state index contributed by atoms with van der Waals surface area (Å²) >= 11 is 0. The van der Waals surface area contributed by atoms with Crippen LogP contribution in [0.3, 0.4) is 0 Å². The fourth-order valence-electron chi connectivity index (χ4n) is 1.19. The van der Waals surface area contributed by atoms with Crippen LogP contribution < -0.4 is 29.6 Å². The van der Waals surface area contributed by atoms with Crippen LogP contribution in [0, 0.1) is 0 Å². The third-order valence-corrected chi connectivity index (χ3v) is 4.15. The number of carbonyl (C=O) groups is 2. The third-order valence-electron chi connectivity index (χ3n) is 2.23. The van der Waals surface area contributed by atoms with Crippen LogP contribution in [0.15, 0.2) is 0 Å². The van der Waals surface area contributed by atoms with E-state index in [0.717, 1.165) is 12.8 Å². The smallest absolute Gasteiger partial charge is 0.469 e. The van der Waals surface area contributed by atoms with Crippen LogP contribution >= 0.6 is 7.37 Å². The van der Waals surface area contributed by atoms with Gasteiger partial charge >= 0.3 is 35.5 Å². The van der Waals surface area contributed by atoms with E-state index in [1.165, 1.54) is 7.11 Å². The van der Waals surface area contributed by atoms with Gasteiger partial charge in [0.25, 0.3) is 7.37 Å². The Balaban J connectivity index is 0. The molecule has 0 aromatic carbocycles. The third kappa shape index (κ3) is 8.97. The maximum Gasteiger partial charge on any atom is 1.00 e. The van der Waals surface area contributed by atoms with Crippen LogP contribution in [0.4, 0.5) is 0 Å². The molecule has 0 bridgehead atoms. The minimum absolute atomic E-state index is 0. The zero-order valence-corrected chi connectivity index (χ0v) is 13.7. The molecule has 5 nitrogen and oxygen atoms in total. The van der Waals surface area contributed by atoms with Gasteiger partial charge in [0.05, 0.1) is 13.5 Å². The molecule has 0 saturated carbocycles. The van der Waals surface area contributed by atoms with Crippen molar-refractivity contribution in [2.75, 3.05) is 13.3 Å². The van der Waals surface area contributed by atoms with Crippen molar-refractivity contribution in [2.45, 2.75) is 39.0 Å². The summed E-state index contributed by atoms with van der Waals surface area (Å²) < 4.78 is 15.9. The van der Waals surface area contributed by atoms with Crippen molar-refractivity contribution < 1.29 is 53.3 Å². The number of ether oxygens (including phenoxy) is 1. The van der Waals surface area contributed by atoms with Gasteiger partial charge in [-0.15, -0.1) is 0 Å². The maximum atomic E-state index is 11.5. The minimum atomic E-state index is -3.73. The first-order valence-corrected chi connectivity index (χ1v) is 7.20. The van der Waals surface area contributed by atoms with Gasteiger partial charge in [0.15, 0.2) is 0 Å². The molecule has 0 aromatic rings. The molecule has 0 aliphatic carbocycles. The Morgan fingerprint density at radius 1 is 1.24 bits per heavy atom. The number of unbranched alkanes of at least 4 members (excludes halogenated alkanes) is 2. The maximum absolute atomic E-state index is 11.5. The Morgan fingerprint density at radius 3 is 2.29 bits per heavy atom. The number of hydrogen-bond acceptors (Lipinski definition) is 4. The van der Waals surface area contributed by atoms with Gasteiger partial charge in [-0.2, -0.15) is 0 Å². The largest absolute Gasteiger partial charge is 1.00 e. The average molecular weight is 273 g/mol. The molecule has 0 aliphatic rings. The second-order valence-corrected chi connectivity index (χ2v) is 5.95. The molecule has 1 unspecified atom stereocenters. The fourth-order valence-corrected chi connectivity index (χ4v) is 2.55. The first kappa shape index (κ1) is 19.7. The van der Waals surface area contributed by atoms with E-state index in [9.17, 15) is 19.0 Å². The van der Waals surface area contributed by atoms with Crippen molar-refractivity contribution in [2.24, 2.45) is 0 Å². The summed E-state index contributed by atoms with van der Waals surface area (Å²) in [6.07, 6.45) is 1.99. The summed E-state index contributed by atoms with van der Waals surface area (Å²) in [6.45, 7) is 1.97. The van der Waals surface area contributed by atoms with E-state index >= 15 is 0 Å². The summed E-state index contributed by atoms with van der Waals surface area (Å²) in [5, 5.41) is 0. The molecule has 0 radical (unpaired) electrons. The minimum Gasteiger partial charge on any atom is -0.469 e. The summed E-state index contributed by atoms with van der Waals surface area (Å²) in [4.78, 5) is 31.6. The molecule has 0 aliphatic heterocycles. The molecule has 17 heavy (non-hydrogen) atoms. The van der Waals surface area contributed by atoms with Gasteiger partial charge in [-0.1, -0.05) is 19.8 Å². The summed E-state index contributed by atoms with van der Waals surface area (Å²) in [5.41, 5.74) is -0.728. The second kappa shape index (κ2) is 10.3. The van der Waals surface area contributed by atoms with Crippen molar-refractivity contribution in [3.8, 4) is 0 Å². The van der Waals surface area contributed by atoms with Gasteiger partial charge in [-0.25, -0.2) is 0 Å². The zero-order chi connectivity index (χ0) is 12.6. The van der Waals surface area contributed by atoms with E-state index in [1.807, 2.05) is 6.92 Å². The van der Waals surface area contributed by atoms with Crippen molar-refractivity contribution in [1.82, 2.24) is 0 Å². The van der Waals surface area contributed by atoms with Crippen molar-refractivity contribution in [3.05, 3.63) is 0 Å². The topological polar surface area (TPSA) is 80.7 Å². The van der Waals surface area contributed by atoms with E-state index in [4.69, 9.17) is 0 Å². The second-order valence-electron chi connectivity index (χ2n) is 3.60. The summed E-state index contributed by atoms with van der Waals surface area (Å²) in [6, 6.07) is 0. The Bertz CT molecular complexity index is 292. The first-order valence-electron chi connectivity index (χ1n) is 5.36. The SMILES string of the molecule is CCCCCP(=O)(O)C(=O)CCC(=O)OC.[Na+]. The normalized spacial score (nSPS) is 13.4. The monoisotopic (exact) mass is 273 g/mol. The molecule has 1 N–H and O–H groups in total. The molecule has 7 heteroatoms. The molecule has 0 rings (SSSR count). The van der Waals surface area contributed by atoms with Crippen LogP contribution in [-0.4, -0.2) is 29.7 Å². The van der Waals surface area contributed by atoms with E-state index in [0.29, 0.717) is 6.42 Å². The Hall–Kier alpha value is 0.330. The van der Waals surface area contributed by atoms with Gasteiger partial charge < -0.3 is 9.63 Å². The number of rotatable bonds is 8. The van der Waals surface area contributed by atoms with Gasteiger partial charge in [0.1, 0.15) is 0 Å². The van der Waals surface area contributed by atoms with Gasteiger partial charge in [0.2, 0.25) is 5.52 Å². The van der Waals surface area contributed by atoms with E-state index in [-0.39, 0.29) is 48.6 Å². The van der Waals surface area contributed by atoms with Crippen LogP contribution in [0.1, 0.15) is 39.0 Å². The quantitative estimate of drug-likeness (QED) is 0.264. The van der Waals surface area contributed by atoms with Gasteiger partial charge in [0, 0.05) is 12.6 Å². The van der Waals surface area contributed by atoms with Crippen LogP contribution in [-0.2, 0) is 18.9 Å². The summed E-state index contributed by atoms with van der Waals surface area (Å²) in [7, 11) is -2.51. The summed E-state index contributed by atoms with van der Waals surface area (Å²) in [5.74, 6) is -0.540. The van der Waals surface area contributed by atoms with Crippen molar-refractivity contribution in [3.63, 3.8) is 0 Å². The van der Waals surface area contributed by atoms with E-state index in [1.54, 1.807) is 0 Å². The number of carbonyl (C=O) groups excluding carboxylic acids is 2. The van der Waals surface area contributed by atoms with E-state index in [2.05, 4.69) is 4.74 Å². The van der Waals surface area contributed by atoms with Gasteiger partial charge in [-0.3, -0.25) is 14.2 Å². The predicted molar refractivity (Wildman–Crippen MR) is 60.5 cm³/mol. The molecule has 0 heterocycles. The molecule has 0 saturated heterocycles. The van der Waals surface area contributed by atoms with Crippen LogP contribution in [0.25, 0.3) is 0 Å². The Labute approximate surface area is 124 Å². The molecule has 1 atom stereocenters. The molecule has 0 spiro atoms. The molecular formula is C10H19NaO5P+. The van der Waals surface area contributed by atoms with Crippen molar-refractivity contribution >= 4 is 18.9 Å². The fraction of sp³-hybridized carbons (Fsp3) is 0.800. The average Bonchev–Trinajstić information content (AvgIpc) is 2.25. The van der Waals surface area contributed by atoms with Gasteiger partial charge in [-0.05, 0) is 6.42 Å². The molecule has 0 aromatic heterocycles. The van der Waals surface area contributed by atoms with Crippen molar-refractivity contribution in [1.29, 1.82) is 0 Å². The molecule has 0 fully saturated rings. The Kier molecular flexibility index (Phi) is 11.9. The molecular weight excluding hydrogens is 254 g/mol. The standard InChI is InChI=1S/C10H19O5P.Na/c1-3-4-5-8-16(13,14)10(12)7-6-9(11)15-2;/h3-8H2,1-2H3,(H,13,14);/q;+1. The first-order chi connectivity index (χ1) is 7.44. The predicted octanol–water partition coefficient (Wildman–Crippen LogP) is -1.07. The van der Waals surface area contributed by atoms with Crippen LogP contribution in [0.2, 0.25) is 0 Å². The Morgan fingerprint density at radius 2 is 1.82 bits per heavy atom. The number of methoxy groups -OCH3 is 1. The number of hydrogen-bond donors (Lipinski definition) is 1. The van der Waals surface area contributed by atoms with E-state index < -0.39 is 18.9 Å². The molecule has 0 amide bonds. The molecule has 94 valence electrons.